The standard InChI is InChI=1S/C19H24F3NO4/c1-4-18(2,13-27-16-7-5-6-12-26-16)23(17(24)19(20,21)22)14-8-10-15(25-3)11-9-14/h4,8-11,16H,1,5-7,12-13H2,2-3H3/t16?,18-/m0/s1. The molecule has 1 unspecified atom stereocenters. The number of carbonyl (C=O) groups is 1. The lowest BCUT2D eigenvalue weighted by Gasteiger charge is -2.40. The lowest BCUT2D eigenvalue weighted by molar-refractivity contribution is -0.177. The van der Waals surface area contributed by atoms with Gasteiger partial charge in [-0.3, -0.25) is 9.69 Å². The normalized spacial score (nSPS) is 19.8. The minimum absolute atomic E-state index is 0.0636. The van der Waals surface area contributed by atoms with Gasteiger partial charge >= 0.3 is 12.1 Å². The molecule has 1 aliphatic rings. The number of alkyl halides is 3. The van der Waals surface area contributed by atoms with Crippen molar-refractivity contribution < 1.29 is 32.2 Å². The molecule has 1 amide bonds. The Hall–Kier alpha value is -2.06. The van der Waals surface area contributed by atoms with Gasteiger partial charge in [-0.1, -0.05) is 6.08 Å². The molecule has 1 aromatic carbocycles. The van der Waals surface area contributed by atoms with E-state index < -0.39 is 23.9 Å². The van der Waals surface area contributed by atoms with Crippen LogP contribution < -0.4 is 9.64 Å². The van der Waals surface area contributed by atoms with E-state index in [1.807, 2.05) is 0 Å². The van der Waals surface area contributed by atoms with E-state index in [0.717, 1.165) is 12.8 Å². The molecule has 0 N–H and O–H groups in total. The Morgan fingerprint density at radius 2 is 2.00 bits per heavy atom. The number of rotatable bonds is 7. The van der Waals surface area contributed by atoms with E-state index in [-0.39, 0.29) is 12.3 Å². The second-order valence-corrected chi connectivity index (χ2v) is 6.50. The van der Waals surface area contributed by atoms with Gasteiger partial charge in [-0.05, 0) is 50.5 Å². The van der Waals surface area contributed by atoms with Crippen molar-refractivity contribution in [1.82, 2.24) is 0 Å². The average Bonchev–Trinajstić information content (AvgIpc) is 2.67. The Bertz CT molecular complexity index is 641. The molecule has 0 spiro atoms. The topological polar surface area (TPSA) is 48.0 Å². The van der Waals surface area contributed by atoms with Crippen molar-refractivity contribution in [1.29, 1.82) is 0 Å². The van der Waals surface area contributed by atoms with Gasteiger partial charge in [-0.25, -0.2) is 0 Å². The lowest BCUT2D eigenvalue weighted by Crippen LogP contribution is -2.56. The molecule has 8 heteroatoms. The Morgan fingerprint density at radius 1 is 1.33 bits per heavy atom. The highest BCUT2D eigenvalue weighted by molar-refractivity contribution is 5.99. The van der Waals surface area contributed by atoms with Crippen molar-refractivity contribution >= 4 is 11.6 Å². The number of benzene rings is 1. The molecule has 1 aliphatic heterocycles. The van der Waals surface area contributed by atoms with Crippen molar-refractivity contribution in [2.45, 2.75) is 44.2 Å². The molecule has 0 radical (unpaired) electrons. The molecule has 1 saturated heterocycles. The third-order valence-electron chi connectivity index (χ3n) is 4.43. The van der Waals surface area contributed by atoms with Crippen LogP contribution in [-0.2, 0) is 14.3 Å². The van der Waals surface area contributed by atoms with Crippen LogP contribution in [0, 0.1) is 0 Å². The molecule has 0 bridgehead atoms. The first-order valence-electron chi connectivity index (χ1n) is 8.63. The number of halogens is 3. The van der Waals surface area contributed by atoms with Gasteiger partial charge in [0.1, 0.15) is 5.75 Å². The van der Waals surface area contributed by atoms with Crippen molar-refractivity contribution in [3.63, 3.8) is 0 Å². The van der Waals surface area contributed by atoms with Crippen LogP contribution >= 0.6 is 0 Å². The summed E-state index contributed by atoms with van der Waals surface area (Å²) in [4.78, 5) is 12.9. The van der Waals surface area contributed by atoms with E-state index in [1.54, 1.807) is 0 Å². The summed E-state index contributed by atoms with van der Waals surface area (Å²) in [6.45, 7) is 5.46. The molecule has 1 heterocycles. The first-order valence-corrected chi connectivity index (χ1v) is 8.63. The number of carbonyl (C=O) groups excluding carboxylic acids is 1. The van der Waals surface area contributed by atoms with Crippen molar-refractivity contribution in [3.05, 3.63) is 36.9 Å². The summed E-state index contributed by atoms with van der Waals surface area (Å²) in [5.74, 6) is -1.53. The fourth-order valence-electron chi connectivity index (χ4n) is 2.82. The van der Waals surface area contributed by atoms with Crippen LogP contribution in [0.2, 0.25) is 0 Å². The van der Waals surface area contributed by atoms with Crippen molar-refractivity contribution in [2.75, 3.05) is 25.2 Å². The van der Waals surface area contributed by atoms with Gasteiger partial charge in [0.25, 0.3) is 0 Å². The largest absolute Gasteiger partial charge is 0.497 e. The summed E-state index contributed by atoms with van der Waals surface area (Å²) >= 11 is 0. The maximum Gasteiger partial charge on any atom is 0.471 e. The number of nitrogens with zero attached hydrogens (tertiary/aromatic N) is 1. The SMILES string of the molecule is C=C[C@@](C)(COC1CCCCO1)N(C(=O)C(F)(F)F)c1ccc(OC)cc1. The number of methoxy groups -OCH3 is 1. The number of hydrogen-bond acceptors (Lipinski definition) is 4. The third kappa shape index (κ3) is 5.23. The van der Waals surface area contributed by atoms with Gasteiger partial charge in [0.05, 0.1) is 19.3 Å². The summed E-state index contributed by atoms with van der Waals surface area (Å²) in [5.41, 5.74) is -1.36. The van der Waals surface area contributed by atoms with Crippen LogP contribution in [0.4, 0.5) is 18.9 Å². The highest BCUT2D eigenvalue weighted by Gasteiger charge is 2.48. The molecular weight excluding hydrogens is 363 g/mol. The summed E-state index contributed by atoms with van der Waals surface area (Å²) < 4.78 is 56.0. The molecule has 5 nitrogen and oxygen atoms in total. The van der Waals surface area contributed by atoms with E-state index in [4.69, 9.17) is 14.2 Å². The monoisotopic (exact) mass is 387 g/mol. The third-order valence-corrected chi connectivity index (χ3v) is 4.43. The number of amides is 1. The van der Waals surface area contributed by atoms with E-state index in [0.29, 0.717) is 23.7 Å². The van der Waals surface area contributed by atoms with Crippen LogP contribution in [0.5, 0.6) is 5.75 Å². The van der Waals surface area contributed by atoms with Crippen LogP contribution in [0.25, 0.3) is 0 Å². The van der Waals surface area contributed by atoms with Gasteiger partial charge in [-0.15, -0.1) is 6.58 Å². The van der Waals surface area contributed by atoms with Crippen molar-refractivity contribution in [3.8, 4) is 5.75 Å². The van der Waals surface area contributed by atoms with E-state index in [2.05, 4.69) is 6.58 Å². The lowest BCUT2D eigenvalue weighted by atomic mass is 9.99. The minimum atomic E-state index is -5.05. The zero-order chi connectivity index (χ0) is 20.1. The van der Waals surface area contributed by atoms with Crippen LogP contribution in [0.3, 0.4) is 0 Å². The maximum absolute atomic E-state index is 13.3. The summed E-state index contributed by atoms with van der Waals surface area (Å²) in [6.07, 6.45) is -1.78. The zero-order valence-electron chi connectivity index (χ0n) is 15.4. The molecule has 1 aromatic rings. The van der Waals surface area contributed by atoms with Gasteiger partial charge in [-0.2, -0.15) is 13.2 Å². The summed E-state index contributed by atoms with van der Waals surface area (Å²) in [5, 5.41) is 0. The smallest absolute Gasteiger partial charge is 0.471 e. The number of ether oxygens (including phenoxy) is 3. The van der Waals surface area contributed by atoms with Crippen LogP contribution in [0.15, 0.2) is 36.9 Å². The fraction of sp³-hybridized carbons (Fsp3) is 0.526. The van der Waals surface area contributed by atoms with E-state index >= 15 is 0 Å². The van der Waals surface area contributed by atoms with Gasteiger partial charge < -0.3 is 14.2 Å². The molecule has 1 fully saturated rings. The quantitative estimate of drug-likeness (QED) is 0.662. The fourth-order valence-corrected chi connectivity index (χ4v) is 2.82. The molecule has 27 heavy (non-hydrogen) atoms. The molecule has 2 atom stereocenters. The Morgan fingerprint density at radius 3 is 2.48 bits per heavy atom. The second kappa shape index (κ2) is 8.75. The molecule has 0 aliphatic carbocycles. The Balaban J connectivity index is 2.32. The van der Waals surface area contributed by atoms with Gasteiger partial charge in [0.2, 0.25) is 0 Å². The minimum Gasteiger partial charge on any atom is -0.497 e. The van der Waals surface area contributed by atoms with Crippen LogP contribution in [0.1, 0.15) is 26.2 Å². The Kier molecular flexibility index (Phi) is 6.89. The van der Waals surface area contributed by atoms with Crippen LogP contribution in [-0.4, -0.2) is 44.2 Å². The van der Waals surface area contributed by atoms with E-state index in [9.17, 15) is 18.0 Å². The maximum atomic E-state index is 13.3. The second-order valence-electron chi connectivity index (χ2n) is 6.50. The molecule has 0 saturated carbocycles. The summed E-state index contributed by atoms with van der Waals surface area (Å²) in [6, 6.07) is 5.75. The van der Waals surface area contributed by atoms with Gasteiger partial charge in [0.15, 0.2) is 6.29 Å². The van der Waals surface area contributed by atoms with Crippen molar-refractivity contribution in [2.24, 2.45) is 0 Å². The highest BCUT2D eigenvalue weighted by atomic mass is 19.4. The first-order chi connectivity index (χ1) is 12.7. The number of hydrogen-bond donors (Lipinski definition) is 0. The van der Waals surface area contributed by atoms with Gasteiger partial charge in [0, 0.05) is 12.3 Å². The summed E-state index contributed by atoms with van der Waals surface area (Å²) in [7, 11) is 1.44. The number of anilines is 1. The van der Waals surface area contributed by atoms with E-state index in [1.165, 1.54) is 44.4 Å². The highest BCUT2D eigenvalue weighted by Crippen LogP contribution is 2.33. The molecular formula is C19H24F3NO4. The molecule has 0 aromatic heterocycles. The first kappa shape index (κ1) is 21.2. The predicted molar refractivity (Wildman–Crippen MR) is 94.7 cm³/mol. The molecule has 150 valence electrons. The predicted octanol–water partition coefficient (Wildman–Crippen LogP) is 4.08. The molecule has 2 rings (SSSR count). The Labute approximate surface area is 156 Å². The average molecular weight is 387 g/mol. The zero-order valence-corrected chi connectivity index (χ0v) is 15.4.